The van der Waals surface area contributed by atoms with Crippen molar-refractivity contribution in [2.24, 2.45) is 0 Å². The maximum Gasteiger partial charge on any atom is 0.261 e. The van der Waals surface area contributed by atoms with Crippen LogP contribution in [-0.4, -0.2) is 41.6 Å². The second kappa shape index (κ2) is 12.6. The van der Waals surface area contributed by atoms with E-state index in [4.69, 9.17) is 13.6 Å². The van der Waals surface area contributed by atoms with Crippen LogP contribution in [0.5, 0.6) is 0 Å². The molecule has 2 aromatic rings. The third-order valence-corrected chi connectivity index (χ3v) is 18.2. The summed E-state index contributed by atoms with van der Waals surface area (Å²) in [6, 6.07) is 25.3. The SMILES string of the molecule is CC[Si](CC)(CC)O[C@H](CC/C(C)=C/CO[Si](c1ccccc1)(c1ccccc1)C(C)(C)C)[C@@]1(C)CO1. The van der Waals surface area contributed by atoms with Crippen molar-refractivity contribution in [3.05, 3.63) is 72.3 Å². The van der Waals surface area contributed by atoms with Crippen LogP contribution < -0.4 is 10.4 Å². The van der Waals surface area contributed by atoms with E-state index in [1.165, 1.54) is 34.1 Å². The van der Waals surface area contributed by atoms with Crippen LogP contribution in [0.25, 0.3) is 0 Å². The molecule has 0 saturated carbocycles. The Labute approximate surface area is 228 Å². The Morgan fingerprint density at radius 1 is 0.946 bits per heavy atom. The summed E-state index contributed by atoms with van der Waals surface area (Å²) in [5.41, 5.74) is 1.26. The van der Waals surface area contributed by atoms with Gasteiger partial charge in [0.05, 0.1) is 19.3 Å². The van der Waals surface area contributed by atoms with Crippen LogP contribution in [0.15, 0.2) is 72.3 Å². The fourth-order valence-corrected chi connectivity index (χ4v) is 13.1. The molecule has 2 aromatic carbocycles. The third kappa shape index (κ3) is 6.93. The van der Waals surface area contributed by atoms with Crippen LogP contribution >= 0.6 is 0 Å². The highest BCUT2D eigenvalue weighted by molar-refractivity contribution is 6.99. The van der Waals surface area contributed by atoms with Gasteiger partial charge in [-0.15, -0.1) is 0 Å². The van der Waals surface area contributed by atoms with Gasteiger partial charge in [-0.25, -0.2) is 0 Å². The predicted octanol–water partition coefficient (Wildman–Crippen LogP) is 7.47. The van der Waals surface area contributed by atoms with Crippen LogP contribution in [-0.2, 0) is 13.6 Å². The van der Waals surface area contributed by atoms with E-state index >= 15 is 0 Å². The molecule has 0 amide bonds. The highest BCUT2D eigenvalue weighted by Crippen LogP contribution is 2.39. The monoisotopic (exact) mass is 538 g/mol. The first-order valence-corrected chi connectivity index (χ1v) is 18.7. The lowest BCUT2D eigenvalue weighted by molar-refractivity contribution is 0.0890. The van der Waals surface area contributed by atoms with Gasteiger partial charge in [0.1, 0.15) is 5.60 Å². The molecule has 0 aliphatic carbocycles. The molecule has 0 unspecified atom stereocenters. The van der Waals surface area contributed by atoms with Crippen molar-refractivity contribution in [3.8, 4) is 0 Å². The van der Waals surface area contributed by atoms with E-state index in [0.717, 1.165) is 19.4 Å². The minimum absolute atomic E-state index is 0.0112. The zero-order valence-corrected chi connectivity index (χ0v) is 26.6. The molecule has 0 aromatic heterocycles. The first-order chi connectivity index (χ1) is 17.6. The Morgan fingerprint density at radius 3 is 1.84 bits per heavy atom. The molecule has 0 radical (unpaired) electrons. The second-order valence-corrected chi connectivity index (χ2v) is 21.0. The van der Waals surface area contributed by atoms with Gasteiger partial charge in [-0.1, -0.05) is 114 Å². The third-order valence-electron chi connectivity index (χ3n) is 8.56. The zero-order valence-electron chi connectivity index (χ0n) is 24.6. The van der Waals surface area contributed by atoms with Crippen molar-refractivity contribution < 1.29 is 13.6 Å². The predicted molar refractivity (Wildman–Crippen MR) is 163 cm³/mol. The van der Waals surface area contributed by atoms with Crippen LogP contribution in [0.1, 0.15) is 68.2 Å². The molecule has 1 heterocycles. The molecule has 0 N–H and O–H groups in total. The maximum atomic E-state index is 7.07. The standard InChI is InChI=1S/C32H50O3Si2/c1-9-36(10-2,11-3)35-30(32(8)26-33-32)23-22-27(4)24-25-34-37(31(5,6)7,28-18-14-12-15-19-28)29-20-16-13-17-21-29/h12-21,24,30H,9-11,22-23,25-26H2,1-8H3/b27-24+/t30-,32-/m1/s1. The van der Waals surface area contributed by atoms with Gasteiger partial charge in [-0.3, -0.25) is 0 Å². The summed E-state index contributed by atoms with van der Waals surface area (Å²) in [6.45, 7) is 19.8. The van der Waals surface area contributed by atoms with Gasteiger partial charge >= 0.3 is 0 Å². The number of epoxide rings is 1. The van der Waals surface area contributed by atoms with Gasteiger partial charge in [0, 0.05) is 0 Å². The first kappa shape index (κ1) is 30.0. The quantitative estimate of drug-likeness (QED) is 0.142. The van der Waals surface area contributed by atoms with Gasteiger partial charge in [0.15, 0.2) is 8.32 Å². The Hall–Kier alpha value is -1.51. The molecule has 0 bridgehead atoms. The van der Waals surface area contributed by atoms with Crippen molar-refractivity contribution in [3.63, 3.8) is 0 Å². The highest BCUT2D eigenvalue weighted by atomic mass is 28.4. The lowest BCUT2D eigenvalue weighted by Crippen LogP contribution is -2.66. The average Bonchev–Trinajstić information content (AvgIpc) is 3.65. The zero-order chi connectivity index (χ0) is 27.2. The summed E-state index contributed by atoms with van der Waals surface area (Å²) in [7, 11) is -4.20. The van der Waals surface area contributed by atoms with Gasteiger partial charge < -0.3 is 13.6 Å². The van der Waals surface area contributed by atoms with Gasteiger partial charge in [-0.05, 0) is 60.2 Å². The topological polar surface area (TPSA) is 31.0 Å². The minimum Gasteiger partial charge on any atom is -0.411 e. The lowest BCUT2D eigenvalue weighted by atomic mass is 9.99. The normalized spacial score (nSPS) is 19.6. The molecule has 1 aliphatic heterocycles. The van der Waals surface area contributed by atoms with Crippen molar-refractivity contribution in [2.75, 3.05) is 13.2 Å². The number of hydrogen-bond donors (Lipinski definition) is 0. The summed E-state index contributed by atoms with van der Waals surface area (Å²) in [5.74, 6) is 0. The smallest absolute Gasteiger partial charge is 0.261 e. The van der Waals surface area contributed by atoms with E-state index in [2.05, 4.69) is 122 Å². The van der Waals surface area contributed by atoms with E-state index in [0.29, 0.717) is 6.61 Å². The molecule has 1 fully saturated rings. The summed E-state index contributed by atoms with van der Waals surface area (Å²) >= 11 is 0. The second-order valence-electron chi connectivity index (χ2n) is 12.0. The van der Waals surface area contributed by atoms with E-state index in [-0.39, 0.29) is 16.7 Å². The molecule has 204 valence electrons. The average molecular weight is 539 g/mol. The Morgan fingerprint density at radius 2 is 1.43 bits per heavy atom. The summed E-state index contributed by atoms with van der Waals surface area (Å²) in [6.07, 6.45) is 4.50. The fraction of sp³-hybridized carbons (Fsp3) is 0.562. The Balaban J connectivity index is 1.77. The van der Waals surface area contributed by atoms with Gasteiger partial charge in [0.25, 0.3) is 8.32 Å². The number of rotatable bonds is 14. The van der Waals surface area contributed by atoms with E-state index in [1.807, 2.05) is 0 Å². The Bertz CT molecular complexity index is 942. The van der Waals surface area contributed by atoms with Gasteiger partial charge in [0.2, 0.25) is 0 Å². The Kier molecular flexibility index (Phi) is 10.2. The molecule has 3 nitrogen and oxygen atoms in total. The van der Waals surface area contributed by atoms with Crippen LogP contribution in [0.3, 0.4) is 0 Å². The largest absolute Gasteiger partial charge is 0.411 e. The van der Waals surface area contributed by atoms with E-state index in [1.54, 1.807) is 0 Å². The molecule has 37 heavy (non-hydrogen) atoms. The molecule has 2 atom stereocenters. The molecular formula is C32H50O3Si2. The molecule has 5 heteroatoms. The first-order valence-electron chi connectivity index (χ1n) is 14.3. The van der Waals surface area contributed by atoms with Crippen LogP contribution in [0.4, 0.5) is 0 Å². The molecule has 1 saturated heterocycles. The molecule has 0 spiro atoms. The summed E-state index contributed by atoms with van der Waals surface area (Å²) in [5, 5.41) is 2.64. The van der Waals surface area contributed by atoms with Crippen molar-refractivity contribution in [2.45, 2.75) is 103 Å². The van der Waals surface area contributed by atoms with E-state index < -0.39 is 16.6 Å². The van der Waals surface area contributed by atoms with Crippen molar-refractivity contribution >= 4 is 27.0 Å². The van der Waals surface area contributed by atoms with Gasteiger partial charge in [-0.2, -0.15) is 0 Å². The molecular weight excluding hydrogens is 489 g/mol. The number of allylic oxidation sites excluding steroid dienone is 1. The van der Waals surface area contributed by atoms with E-state index in [9.17, 15) is 0 Å². The van der Waals surface area contributed by atoms with Crippen LogP contribution in [0, 0.1) is 0 Å². The number of ether oxygens (including phenoxy) is 1. The highest BCUT2D eigenvalue weighted by Gasteiger charge is 2.51. The summed E-state index contributed by atoms with van der Waals surface area (Å²) in [4.78, 5) is 0. The molecule has 3 rings (SSSR count). The van der Waals surface area contributed by atoms with Crippen LogP contribution in [0.2, 0.25) is 23.2 Å². The number of benzene rings is 2. The fourth-order valence-electron chi connectivity index (χ4n) is 5.62. The lowest BCUT2D eigenvalue weighted by Gasteiger charge is -2.42. The van der Waals surface area contributed by atoms with Crippen molar-refractivity contribution in [1.29, 1.82) is 0 Å². The van der Waals surface area contributed by atoms with Crippen molar-refractivity contribution in [1.82, 2.24) is 0 Å². The molecule has 1 aliphatic rings. The minimum atomic E-state index is -2.51. The maximum absolute atomic E-state index is 7.07. The summed E-state index contributed by atoms with van der Waals surface area (Å²) < 4.78 is 19.9. The number of hydrogen-bond acceptors (Lipinski definition) is 3.